The van der Waals surface area contributed by atoms with E-state index in [2.05, 4.69) is 65.9 Å². The van der Waals surface area contributed by atoms with Crippen LogP contribution in [0.1, 0.15) is 20.9 Å². The maximum Gasteiger partial charge on any atom is 0.191 e. The lowest BCUT2D eigenvalue weighted by molar-refractivity contribution is 0.799. The molecule has 3 nitrogen and oxygen atoms in total. The molecule has 0 aliphatic heterocycles. The third kappa shape index (κ3) is 5.23. The first-order valence-corrected chi connectivity index (χ1v) is 8.04. The molecule has 0 radical (unpaired) electrons. The van der Waals surface area contributed by atoms with Crippen LogP contribution >= 0.6 is 11.3 Å². The molecule has 0 bridgehead atoms. The summed E-state index contributed by atoms with van der Waals surface area (Å²) >= 11 is 1.82. The fraction of sp³-hybridized carbons (Fsp3) is 0.353. The van der Waals surface area contributed by atoms with Crippen molar-refractivity contribution < 1.29 is 0 Å². The normalized spacial score (nSPS) is 11.5. The fourth-order valence-corrected chi connectivity index (χ4v) is 2.88. The Morgan fingerprint density at radius 2 is 1.81 bits per heavy atom. The Kier molecular flexibility index (Phi) is 5.81. The van der Waals surface area contributed by atoms with Crippen LogP contribution in [0, 0.1) is 13.8 Å². The molecular weight excluding hydrogens is 278 g/mol. The summed E-state index contributed by atoms with van der Waals surface area (Å²) in [5, 5.41) is 6.70. The second-order valence-electron chi connectivity index (χ2n) is 5.10. The van der Waals surface area contributed by atoms with Gasteiger partial charge in [-0.25, -0.2) is 0 Å². The number of aliphatic imine (C=N–C) groups is 1. The lowest BCUT2D eigenvalue weighted by Crippen LogP contribution is -2.37. The molecule has 0 unspecified atom stereocenters. The molecule has 0 fully saturated rings. The standard InChI is InChI=1S/C17H23N3S/c1-13-4-7-15(8-5-13)10-11-19-17(18-3)20-12-16-9-6-14(2)21-16/h4-9H,10-12H2,1-3H3,(H2,18,19,20). The largest absolute Gasteiger partial charge is 0.356 e. The van der Waals surface area contributed by atoms with E-state index >= 15 is 0 Å². The van der Waals surface area contributed by atoms with E-state index in [9.17, 15) is 0 Å². The molecule has 112 valence electrons. The molecule has 0 aliphatic rings. The van der Waals surface area contributed by atoms with Gasteiger partial charge in [0.25, 0.3) is 0 Å². The number of nitrogens with one attached hydrogen (secondary N) is 2. The molecule has 0 spiro atoms. The van der Waals surface area contributed by atoms with Crippen LogP contribution in [-0.2, 0) is 13.0 Å². The Bertz CT molecular complexity index is 584. The van der Waals surface area contributed by atoms with Crippen molar-refractivity contribution in [3.05, 3.63) is 57.3 Å². The molecule has 2 N–H and O–H groups in total. The van der Waals surface area contributed by atoms with Crippen LogP contribution in [0.2, 0.25) is 0 Å². The van der Waals surface area contributed by atoms with E-state index in [-0.39, 0.29) is 0 Å². The Labute approximate surface area is 131 Å². The SMILES string of the molecule is CN=C(NCCc1ccc(C)cc1)NCc1ccc(C)s1. The van der Waals surface area contributed by atoms with Gasteiger partial charge in [0, 0.05) is 23.3 Å². The molecule has 0 amide bonds. The number of aryl methyl sites for hydroxylation is 2. The second kappa shape index (κ2) is 7.84. The maximum atomic E-state index is 4.25. The minimum absolute atomic E-state index is 0.822. The number of rotatable bonds is 5. The summed E-state index contributed by atoms with van der Waals surface area (Å²) in [4.78, 5) is 6.92. The van der Waals surface area contributed by atoms with Crippen molar-refractivity contribution in [2.45, 2.75) is 26.8 Å². The predicted molar refractivity (Wildman–Crippen MR) is 92.1 cm³/mol. The van der Waals surface area contributed by atoms with Gasteiger partial charge in [0.2, 0.25) is 0 Å². The van der Waals surface area contributed by atoms with Gasteiger partial charge in [0.05, 0.1) is 6.54 Å². The van der Waals surface area contributed by atoms with Crippen molar-refractivity contribution in [3.8, 4) is 0 Å². The quantitative estimate of drug-likeness (QED) is 0.657. The summed E-state index contributed by atoms with van der Waals surface area (Å²) in [5.74, 6) is 0.855. The fourth-order valence-electron chi connectivity index (χ4n) is 2.05. The highest BCUT2D eigenvalue weighted by Gasteiger charge is 2.00. The lowest BCUT2D eigenvalue weighted by atomic mass is 10.1. The van der Waals surface area contributed by atoms with Crippen molar-refractivity contribution >= 4 is 17.3 Å². The second-order valence-corrected chi connectivity index (χ2v) is 6.47. The van der Waals surface area contributed by atoms with E-state index < -0.39 is 0 Å². The molecule has 1 aromatic heterocycles. The first-order valence-electron chi connectivity index (χ1n) is 7.23. The predicted octanol–water partition coefficient (Wildman–Crippen LogP) is 3.27. The van der Waals surface area contributed by atoms with Gasteiger partial charge < -0.3 is 10.6 Å². The van der Waals surface area contributed by atoms with Crippen LogP contribution in [0.15, 0.2) is 41.4 Å². The molecule has 2 rings (SSSR count). The van der Waals surface area contributed by atoms with Gasteiger partial charge in [-0.3, -0.25) is 4.99 Å². The van der Waals surface area contributed by atoms with Crippen molar-refractivity contribution in [1.29, 1.82) is 0 Å². The highest BCUT2D eigenvalue weighted by Crippen LogP contribution is 2.14. The number of hydrogen-bond acceptors (Lipinski definition) is 2. The van der Waals surface area contributed by atoms with Gasteiger partial charge in [-0.15, -0.1) is 11.3 Å². The van der Waals surface area contributed by atoms with Crippen molar-refractivity contribution in [1.82, 2.24) is 10.6 Å². The Balaban J connectivity index is 1.74. The molecular formula is C17H23N3S. The molecule has 1 heterocycles. The zero-order chi connectivity index (χ0) is 15.1. The van der Waals surface area contributed by atoms with E-state index in [0.29, 0.717) is 0 Å². The minimum Gasteiger partial charge on any atom is -0.356 e. The Morgan fingerprint density at radius 1 is 1.05 bits per heavy atom. The zero-order valence-corrected chi connectivity index (χ0v) is 13.8. The zero-order valence-electron chi connectivity index (χ0n) is 12.9. The molecule has 0 aliphatic carbocycles. The summed E-state index contributed by atoms with van der Waals surface area (Å²) in [5.41, 5.74) is 2.65. The molecule has 0 saturated carbocycles. The minimum atomic E-state index is 0.822. The smallest absolute Gasteiger partial charge is 0.191 e. The molecule has 4 heteroatoms. The van der Waals surface area contributed by atoms with Crippen molar-refractivity contribution in [2.24, 2.45) is 4.99 Å². The Hall–Kier alpha value is -1.81. The number of guanidine groups is 1. The lowest BCUT2D eigenvalue weighted by Gasteiger charge is -2.11. The third-order valence-corrected chi connectivity index (χ3v) is 4.28. The van der Waals surface area contributed by atoms with Gasteiger partial charge in [-0.2, -0.15) is 0 Å². The summed E-state index contributed by atoms with van der Waals surface area (Å²) in [6, 6.07) is 13.0. The monoisotopic (exact) mass is 301 g/mol. The highest BCUT2D eigenvalue weighted by atomic mass is 32.1. The maximum absolute atomic E-state index is 4.25. The third-order valence-electron chi connectivity index (χ3n) is 3.28. The number of benzene rings is 1. The highest BCUT2D eigenvalue weighted by molar-refractivity contribution is 7.11. The van der Waals surface area contributed by atoms with Gasteiger partial charge in [0.15, 0.2) is 5.96 Å². The summed E-state index contributed by atoms with van der Waals surface area (Å²) in [7, 11) is 1.81. The van der Waals surface area contributed by atoms with Crippen LogP contribution in [-0.4, -0.2) is 19.6 Å². The number of hydrogen-bond donors (Lipinski definition) is 2. The van der Waals surface area contributed by atoms with Gasteiger partial charge >= 0.3 is 0 Å². The van der Waals surface area contributed by atoms with E-state index in [1.54, 1.807) is 7.05 Å². The summed E-state index contributed by atoms with van der Waals surface area (Å²) < 4.78 is 0. The van der Waals surface area contributed by atoms with Crippen LogP contribution in [0.25, 0.3) is 0 Å². The molecule has 1 aromatic carbocycles. The van der Waals surface area contributed by atoms with Crippen molar-refractivity contribution in [3.63, 3.8) is 0 Å². The van der Waals surface area contributed by atoms with Gasteiger partial charge in [-0.1, -0.05) is 29.8 Å². The van der Waals surface area contributed by atoms with Crippen molar-refractivity contribution in [2.75, 3.05) is 13.6 Å². The number of nitrogens with zero attached hydrogens (tertiary/aromatic N) is 1. The molecule has 21 heavy (non-hydrogen) atoms. The molecule has 0 atom stereocenters. The van der Waals surface area contributed by atoms with E-state index in [1.165, 1.54) is 20.9 Å². The van der Waals surface area contributed by atoms with Crippen LogP contribution in [0.3, 0.4) is 0 Å². The first kappa shape index (κ1) is 15.6. The topological polar surface area (TPSA) is 36.4 Å². The number of thiophene rings is 1. The average Bonchev–Trinajstić information content (AvgIpc) is 2.90. The van der Waals surface area contributed by atoms with E-state index in [4.69, 9.17) is 0 Å². The van der Waals surface area contributed by atoms with E-state index in [1.807, 2.05) is 11.3 Å². The molecule has 0 saturated heterocycles. The average molecular weight is 301 g/mol. The van der Waals surface area contributed by atoms with E-state index in [0.717, 1.165) is 25.5 Å². The van der Waals surface area contributed by atoms with Crippen LogP contribution < -0.4 is 10.6 Å². The summed E-state index contributed by atoms with van der Waals surface area (Å²) in [6.45, 7) is 5.94. The summed E-state index contributed by atoms with van der Waals surface area (Å²) in [6.07, 6.45) is 0.999. The van der Waals surface area contributed by atoms with Crippen LogP contribution in [0.4, 0.5) is 0 Å². The van der Waals surface area contributed by atoms with Gasteiger partial charge in [0.1, 0.15) is 0 Å². The molecule has 2 aromatic rings. The van der Waals surface area contributed by atoms with Gasteiger partial charge in [-0.05, 0) is 38.0 Å². The Morgan fingerprint density at radius 3 is 2.43 bits per heavy atom. The van der Waals surface area contributed by atoms with Crippen LogP contribution in [0.5, 0.6) is 0 Å². The first-order chi connectivity index (χ1) is 10.2.